The molecular formula is C22H26N4O5S2. The average molecular weight is 491 g/mol. The zero-order chi connectivity index (χ0) is 23.4. The highest BCUT2D eigenvalue weighted by Crippen LogP contribution is 2.24. The second-order valence-corrected chi connectivity index (χ2v) is 10.6. The van der Waals surface area contributed by atoms with Crippen LogP contribution in [0.4, 0.5) is 0 Å². The van der Waals surface area contributed by atoms with E-state index in [1.807, 2.05) is 23.8 Å². The van der Waals surface area contributed by atoms with Crippen LogP contribution in [0.1, 0.15) is 29.9 Å². The second-order valence-electron chi connectivity index (χ2n) is 7.58. The van der Waals surface area contributed by atoms with Crippen molar-refractivity contribution in [1.82, 2.24) is 18.8 Å². The Morgan fingerprint density at radius 2 is 2.06 bits per heavy atom. The third-order valence-electron chi connectivity index (χ3n) is 5.22. The van der Waals surface area contributed by atoms with E-state index in [9.17, 15) is 13.2 Å². The third kappa shape index (κ3) is 5.32. The van der Waals surface area contributed by atoms with Crippen LogP contribution in [0.2, 0.25) is 0 Å². The van der Waals surface area contributed by atoms with Gasteiger partial charge in [0, 0.05) is 31.1 Å². The number of hydrogen-bond donors (Lipinski definition) is 0. The lowest BCUT2D eigenvalue weighted by Crippen LogP contribution is -2.40. The van der Waals surface area contributed by atoms with E-state index in [1.165, 1.54) is 21.7 Å². The molecule has 4 rings (SSSR count). The molecular weight excluding hydrogens is 464 g/mol. The molecule has 1 fully saturated rings. The summed E-state index contributed by atoms with van der Waals surface area (Å²) in [6.45, 7) is 6.04. The summed E-state index contributed by atoms with van der Waals surface area (Å²) in [5.74, 6) is 0.0744. The fourth-order valence-corrected chi connectivity index (χ4v) is 5.64. The van der Waals surface area contributed by atoms with Crippen molar-refractivity contribution >= 4 is 44.4 Å². The number of carbonyl (C=O) groups is 1. The lowest BCUT2D eigenvalue weighted by atomic mass is 10.3. The normalized spacial score (nSPS) is 15.5. The topological polar surface area (TPSA) is 104 Å². The SMILES string of the molecule is CCCn1c(COC(=O)C=Cc2csc(C)n2)nc2cc(S(=O)(=O)N3CCOCC3)ccc21. The number of fused-ring (bicyclic) bond motifs is 1. The number of benzene rings is 1. The van der Waals surface area contributed by atoms with Gasteiger partial charge in [0.2, 0.25) is 10.0 Å². The van der Waals surface area contributed by atoms with E-state index in [2.05, 4.69) is 9.97 Å². The monoisotopic (exact) mass is 490 g/mol. The van der Waals surface area contributed by atoms with Crippen LogP contribution in [-0.2, 0) is 37.4 Å². The van der Waals surface area contributed by atoms with Gasteiger partial charge in [-0.05, 0) is 37.6 Å². The molecule has 0 amide bonds. The first-order chi connectivity index (χ1) is 15.9. The number of esters is 1. The summed E-state index contributed by atoms with van der Waals surface area (Å²) in [7, 11) is -3.62. The third-order valence-corrected chi connectivity index (χ3v) is 7.91. The molecule has 11 heteroatoms. The molecule has 0 aliphatic carbocycles. The van der Waals surface area contributed by atoms with E-state index in [1.54, 1.807) is 24.3 Å². The van der Waals surface area contributed by atoms with E-state index >= 15 is 0 Å². The largest absolute Gasteiger partial charge is 0.454 e. The minimum Gasteiger partial charge on any atom is -0.454 e. The van der Waals surface area contributed by atoms with Gasteiger partial charge >= 0.3 is 5.97 Å². The average Bonchev–Trinajstić information content (AvgIpc) is 3.39. The molecule has 3 aromatic rings. The number of hydrogen-bond acceptors (Lipinski definition) is 8. The fourth-order valence-electron chi connectivity index (χ4n) is 3.63. The Bertz CT molecular complexity index is 1270. The zero-order valence-electron chi connectivity index (χ0n) is 18.6. The second kappa shape index (κ2) is 10.1. The molecule has 0 atom stereocenters. The van der Waals surface area contributed by atoms with Gasteiger partial charge in [-0.15, -0.1) is 11.3 Å². The molecule has 2 aromatic heterocycles. The Morgan fingerprint density at radius 1 is 1.27 bits per heavy atom. The van der Waals surface area contributed by atoms with Gasteiger partial charge in [0.15, 0.2) is 0 Å². The summed E-state index contributed by atoms with van der Waals surface area (Å²) < 4.78 is 40.1. The van der Waals surface area contributed by atoms with Crippen molar-refractivity contribution in [2.75, 3.05) is 26.3 Å². The molecule has 1 saturated heterocycles. The highest BCUT2D eigenvalue weighted by atomic mass is 32.2. The summed E-state index contributed by atoms with van der Waals surface area (Å²) >= 11 is 1.51. The summed E-state index contributed by atoms with van der Waals surface area (Å²) in [4.78, 5) is 21.2. The van der Waals surface area contributed by atoms with Gasteiger partial charge in [-0.2, -0.15) is 4.31 Å². The molecule has 0 bridgehead atoms. The van der Waals surface area contributed by atoms with Crippen LogP contribution in [0.15, 0.2) is 34.6 Å². The van der Waals surface area contributed by atoms with Crippen LogP contribution >= 0.6 is 11.3 Å². The number of ether oxygens (including phenoxy) is 2. The van der Waals surface area contributed by atoms with E-state index in [-0.39, 0.29) is 11.5 Å². The summed E-state index contributed by atoms with van der Waals surface area (Å²) in [5, 5.41) is 2.79. The first-order valence-electron chi connectivity index (χ1n) is 10.7. The number of morpholine rings is 1. The van der Waals surface area contributed by atoms with E-state index < -0.39 is 16.0 Å². The lowest BCUT2D eigenvalue weighted by molar-refractivity contribution is -0.139. The van der Waals surface area contributed by atoms with Gasteiger partial charge in [0.25, 0.3) is 0 Å². The number of aryl methyl sites for hydroxylation is 2. The Hall–Kier alpha value is -2.60. The number of aromatic nitrogens is 3. The highest BCUT2D eigenvalue weighted by Gasteiger charge is 2.27. The summed E-state index contributed by atoms with van der Waals surface area (Å²) in [5.41, 5.74) is 2.07. The molecule has 9 nitrogen and oxygen atoms in total. The maximum absolute atomic E-state index is 13.0. The summed E-state index contributed by atoms with van der Waals surface area (Å²) in [6.07, 6.45) is 3.81. The number of rotatable bonds is 8. The van der Waals surface area contributed by atoms with Gasteiger partial charge < -0.3 is 14.0 Å². The predicted molar refractivity (Wildman–Crippen MR) is 125 cm³/mol. The smallest absolute Gasteiger partial charge is 0.331 e. The molecule has 0 saturated carbocycles. The van der Waals surface area contributed by atoms with Crippen LogP contribution in [0, 0.1) is 6.92 Å². The van der Waals surface area contributed by atoms with Crippen molar-refractivity contribution < 1.29 is 22.7 Å². The molecule has 33 heavy (non-hydrogen) atoms. The molecule has 1 aliphatic heterocycles. The zero-order valence-corrected chi connectivity index (χ0v) is 20.2. The van der Waals surface area contributed by atoms with Gasteiger partial charge in [-0.1, -0.05) is 6.92 Å². The van der Waals surface area contributed by atoms with Crippen molar-refractivity contribution in [3.8, 4) is 0 Å². The van der Waals surface area contributed by atoms with Crippen molar-refractivity contribution in [2.45, 2.75) is 38.3 Å². The van der Waals surface area contributed by atoms with Gasteiger partial charge in [-0.3, -0.25) is 0 Å². The quantitative estimate of drug-likeness (QED) is 0.353. The van der Waals surface area contributed by atoms with Crippen molar-refractivity contribution in [2.24, 2.45) is 0 Å². The number of nitrogens with zero attached hydrogens (tertiary/aromatic N) is 4. The van der Waals surface area contributed by atoms with Crippen molar-refractivity contribution in [3.63, 3.8) is 0 Å². The maximum Gasteiger partial charge on any atom is 0.331 e. The molecule has 0 spiro atoms. The maximum atomic E-state index is 13.0. The fraction of sp³-hybridized carbons (Fsp3) is 0.409. The van der Waals surface area contributed by atoms with E-state index in [0.717, 1.165) is 16.9 Å². The van der Waals surface area contributed by atoms with Gasteiger partial charge in [0.1, 0.15) is 12.4 Å². The molecule has 176 valence electrons. The van der Waals surface area contributed by atoms with Crippen molar-refractivity contribution in [1.29, 1.82) is 0 Å². The van der Waals surface area contributed by atoms with Gasteiger partial charge in [-0.25, -0.2) is 23.2 Å². The Balaban J connectivity index is 1.54. The standard InChI is InChI=1S/C22H26N4O5S2/c1-3-8-26-20-6-5-18(33(28,29)25-9-11-30-12-10-25)13-19(20)24-21(26)14-31-22(27)7-4-17-15-32-16(2)23-17/h4-7,13,15H,3,8-12,14H2,1-2H3. The predicted octanol–water partition coefficient (Wildman–Crippen LogP) is 2.99. The molecule has 3 heterocycles. The summed E-state index contributed by atoms with van der Waals surface area (Å²) in [6, 6.07) is 4.96. The van der Waals surface area contributed by atoms with Crippen LogP contribution in [0.25, 0.3) is 17.1 Å². The first-order valence-corrected chi connectivity index (χ1v) is 13.0. The minimum atomic E-state index is -3.62. The number of imidazole rings is 1. The van der Waals surface area contributed by atoms with Crippen molar-refractivity contribution in [3.05, 3.63) is 46.2 Å². The Morgan fingerprint density at radius 3 is 2.76 bits per heavy atom. The Labute approximate surface area is 196 Å². The molecule has 0 radical (unpaired) electrons. The number of sulfonamides is 1. The highest BCUT2D eigenvalue weighted by molar-refractivity contribution is 7.89. The Kier molecular flexibility index (Phi) is 7.23. The van der Waals surface area contributed by atoms with E-state index in [4.69, 9.17) is 9.47 Å². The van der Waals surface area contributed by atoms with Crippen LogP contribution < -0.4 is 0 Å². The van der Waals surface area contributed by atoms with Crippen LogP contribution in [0.5, 0.6) is 0 Å². The first kappa shape index (κ1) is 23.6. The molecule has 0 unspecified atom stereocenters. The minimum absolute atomic E-state index is 0.0144. The van der Waals surface area contributed by atoms with Crippen LogP contribution in [0.3, 0.4) is 0 Å². The molecule has 1 aliphatic rings. The molecule has 1 aromatic carbocycles. The van der Waals surface area contributed by atoms with Crippen LogP contribution in [-0.4, -0.2) is 59.5 Å². The lowest BCUT2D eigenvalue weighted by Gasteiger charge is -2.26. The van der Waals surface area contributed by atoms with Gasteiger partial charge in [0.05, 0.1) is 39.8 Å². The van der Waals surface area contributed by atoms with E-state index in [0.29, 0.717) is 49.9 Å². The number of thiazole rings is 1. The molecule has 0 N–H and O–H groups in total. The number of carbonyl (C=O) groups excluding carboxylic acids is 1.